The molecule has 1 rings (SSSR count). The monoisotopic (exact) mass is 302 g/mol. The molecule has 0 saturated heterocycles. The van der Waals surface area contributed by atoms with Crippen LogP contribution in [0.2, 0.25) is 0 Å². The zero-order valence-electron chi connectivity index (χ0n) is 11.1. The van der Waals surface area contributed by atoms with Crippen LogP contribution in [0.25, 0.3) is 0 Å². The third-order valence-electron chi connectivity index (χ3n) is 2.68. The second kappa shape index (κ2) is 5.96. The molecule has 5 nitrogen and oxygen atoms in total. The van der Waals surface area contributed by atoms with Crippen molar-refractivity contribution < 1.29 is 13.2 Å². The van der Waals surface area contributed by atoms with Crippen molar-refractivity contribution in [2.45, 2.75) is 24.3 Å². The van der Waals surface area contributed by atoms with E-state index in [-0.39, 0.29) is 16.4 Å². The van der Waals surface area contributed by atoms with E-state index in [0.717, 1.165) is 0 Å². The van der Waals surface area contributed by atoms with Gasteiger partial charge in [0.1, 0.15) is 4.99 Å². The molecule has 7 heteroatoms. The Labute approximate surface area is 119 Å². The molecule has 0 atom stereocenters. The smallest absolute Gasteiger partial charge is 0.241 e. The largest absolute Gasteiger partial charge is 0.389 e. The average Bonchev–Trinajstić information content (AvgIpc) is 2.37. The number of ether oxygens (including phenoxy) is 1. The highest BCUT2D eigenvalue weighted by atomic mass is 32.2. The van der Waals surface area contributed by atoms with E-state index in [9.17, 15) is 8.42 Å². The van der Waals surface area contributed by atoms with Gasteiger partial charge in [0.2, 0.25) is 10.0 Å². The first-order valence-electron chi connectivity index (χ1n) is 5.63. The number of nitrogens with two attached hydrogens (primary N) is 1. The van der Waals surface area contributed by atoms with Crippen LogP contribution >= 0.6 is 12.2 Å². The second-order valence-corrected chi connectivity index (χ2v) is 6.82. The summed E-state index contributed by atoms with van der Waals surface area (Å²) in [7, 11) is -2.15. The van der Waals surface area contributed by atoms with Crippen LogP contribution in [-0.2, 0) is 14.8 Å². The Kier molecular flexibility index (Phi) is 5.03. The molecule has 0 radical (unpaired) electrons. The molecule has 19 heavy (non-hydrogen) atoms. The van der Waals surface area contributed by atoms with Gasteiger partial charge in [-0.15, -0.1) is 0 Å². The van der Waals surface area contributed by atoms with Gasteiger partial charge in [-0.25, -0.2) is 13.1 Å². The van der Waals surface area contributed by atoms with Crippen LogP contribution in [0, 0.1) is 0 Å². The van der Waals surface area contributed by atoms with Crippen LogP contribution in [0.5, 0.6) is 0 Å². The summed E-state index contributed by atoms with van der Waals surface area (Å²) in [5.41, 5.74) is 5.28. The molecular formula is C12H18N2O3S2. The van der Waals surface area contributed by atoms with E-state index in [4.69, 9.17) is 22.7 Å². The van der Waals surface area contributed by atoms with E-state index in [1.54, 1.807) is 32.0 Å². The lowest BCUT2D eigenvalue weighted by Crippen LogP contribution is -2.40. The molecule has 106 valence electrons. The molecule has 1 aromatic carbocycles. The molecule has 0 aliphatic carbocycles. The summed E-state index contributed by atoms with van der Waals surface area (Å²) in [6.07, 6.45) is 0. The maximum Gasteiger partial charge on any atom is 0.241 e. The first-order chi connectivity index (χ1) is 8.69. The van der Waals surface area contributed by atoms with Crippen LogP contribution in [0.15, 0.2) is 29.2 Å². The van der Waals surface area contributed by atoms with E-state index >= 15 is 0 Å². The van der Waals surface area contributed by atoms with Crippen molar-refractivity contribution in [3.8, 4) is 0 Å². The molecule has 0 amide bonds. The number of methoxy groups -OCH3 is 1. The molecule has 0 aliphatic rings. The summed E-state index contributed by atoms with van der Waals surface area (Å²) in [5.74, 6) is 0. The van der Waals surface area contributed by atoms with Crippen molar-refractivity contribution in [1.29, 1.82) is 0 Å². The third kappa shape index (κ3) is 4.24. The molecule has 0 heterocycles. The highest BCUT2D eigenvalue weighted by molar-refractivity contribution is 7.89. The Morgan fingerprint density at radius 1 is 1.42 bits per heavy atom. The van der Waals surface area contributed by atoms with Crippen molar-refractivity contribution in [3.05, 3.63) is 29.8 Å². The van der Waals surface area contributed by atoms with Crippen molar-refractivity contribution in [2.24, 2.45) is 5.73 Å². The SMILES string of the molecule is COC(C)(C)CNS(=O)(=O)c1ccccc1C(N)=S. The lowest BCUT2D eigenvalue weighted by Gasteiger charge is -2.23. The van der Waals surface area contributed by atoms with Crippen LogP contribution in [0.1, 0.15) is 19.4 Å². The predicted molar refractivity (Wildman–Crippen MR) is 78.6 cm³/mol. The third-order valence-corrected chi connectivity index (χ3v) is 4.36. The van der Waals surface area contributed by atoms with E-state index < -0.39 is 15.6 Å². The molecule has 0 saturated carbocycles. The Morgan fingerprint density at radius 2 is 2.00 bits per heavy atom. The van der Waals surface area contributed by atoms with Gasteiger partial charge in [0, 0.05) is 19.2 Å². The van der Waals surface area contributed by atoms with E-state index in [1.807, 2.05) is 0 Å². The molecule has 1 aromatic rings. The first kappa shape index (κ1) is 16.0. The van der Waals surface area contributed by atoms with Crippen LogP contribution in [-0.4, -0.2) is 32.7 Å². The zero-order valence-corrected chi connectivity index (χ0v) is 12.8. The number of nitrogens with one attached hydrogen (secondary N) is 1. The van der Waals surface area contributed by atoms with Gasteiger partial charge in [-0.05, 0) is 19.9 Å². The number of rotatable bonds is 6. The fourth-order valence-electron chi connectivity index (χ4n) is 1.32. The fourth-order valence-corrected chi connectivity index (χ4v) is 2.98. The summed E-state index contributed by atoms with van der Waals surface area (Å²) in [6.45, 7) is 3.72. The van der Waals surface area contributed by atoms with Gasteiger partial charge in [-0.1, -0.05) is 30.4 Å². The Bertz CT molecular complexity index is 568. The van der Waals surface area contributed by atoms with Gasteiger partial charge in [0.15, 0.2) is 0 Å². The van der Waals surface area contributed by atoms with Gasteiger partial charge in [-0.3, -0.25) is 0 Å². The van der Waals surface area contributed by atoms with Gasteiger partial charge in [0.05, 0.1) is 10.5 Å². The average molecular weight is 302 g/mol. The minimum absolute atomic E-state index is 0.0481. The van der Waals surface area contributed by atoms with Crippen molar-refractivity contribution in [3.63, 3.8) is 0 Å². The highest BCUT2D eigenvalue weighted by Gasteiger charge is 2.23. The first-order valence-corrected chi connectivity index (χ1v) is 7.52. The zero-order chi connectivity index (χ0) is 14.7. The number of hydrogen-bond donors (Lipinski definition) is 2. The summed E-state index contributed by atoms with van der Waals surface area (Å²) in [6, 6.07) is 6.36. The van der Waals surface area contributed by atoms with Gasteiger partial charge in [0.25, 0.3) is 0 Å². The second-order valence-electron chi connectivity index (χ2n) is 4.65. The molecule has 0 aliphatic heterocycles. The lowest BCUT2D eigenvalue weighted by molar-refractivity contribution is 0.0276. The number of hydrogen-bond acceptors (Lipinski definition) is 4. The van der Waals surface area contributed by atoms with Crippen molar-refractivity contribution in [1.82, 2.24) is 4.72 Å². The minimum Gasteiger partial charge on any atom is -0.389 e. The molecular weight excluding hydrogens is 284 g/mol. The Balaban J connectivity index is 3.05. The van der Waals surface area contributed by atoms with E-state index in [0.29, 0.717) is 5.56 Å². The van der Waals surface area contributed by atoms with Gasteiger partial charge < -0.3 is 10.5 Å². The van der Waals surface area contributed by atoms with Crippen LogP contribution in [0.4, 0.5) is 0 Å². The van der Waals surface area contributed by atoms with E-state index in [2.05, 4.69) is 4.72 Å². The Morgan fingerprint density at radius 3 is 2.53 bits per heavy atom. The van der Waals surface area contributed by atoms with Crippen molar-refractivity contribution >= 4 is 27.2 Å². The van der Waals surface area contributed by atoms with E-state index in [1.165, 1.54) is 13.2 Å². The Hall–Kier alpha value is -1.02. The topological polar surface area (TPSA) is 81.4 Å². The van der Waals surface area contributed by atoms with Crippen LogP contribution in [0.3, 0.4) is 0 Å². The molecule has 0 fully saturated rings. The number of sulfonamides is 1. The maximum atomic E-state index is 12.2. The maximum absolute atomic E-state index is 12.2. The van der Waals surface area contributed by atoms with Gasteiger partial charge in [-0.2, -0.15) is 0 Å². The molecule has 0 unspecified atom stereocenters. The summed E-state index contributed by atoms with van der Waals surface area (Å²) < 4.78 is 32.1. The van der Waals surface area contributed by atoms with Gasteiger partial charge >= 0.3 is 0 Å². The molecule has 0 bridgehead atoms. The summed E-state index contributed by atoms with van der Waals surface area (Å²) >= 11 is 4.86. The minimum atomic E-state index is -3.68. The predicted octanol–water partition coefficient (Wildman–Crippen LogP) is 1.02. The number of thiocarbonyl (C=S) groups is 1. The number of benzene rings is 1. The fraction of sp³-hybridized carbons (Fsp3) is 0.417. The molecule has 0 aromatic heterocycles. The lowest BCUT2D eigenvalue weighted by atomic mass is 10.1. The highest BCUT2D eigenvalue weighted by Crippen LogP contribution is 2.16. The standard InChI is InChI=1S/C12H18N2O3S2/c1-12(2,17-3)8-14-19(15,16)10-7-5-4-6-9(10)11(13)18/h4-7,14H,8H2,1-3H3,(H2,13,18). The summed E-state index contributed by atoms with van der Waals surface area (Å²) in [5, 5.41) is 0. The molecule has 0 spiro atoms. The molecule has 3 N–H and O–H groups in total. The van der Waals surface area contributed by atoms with Crippen LogP contribution < -0.4 is 10.5 Å². The quantitative estimate of drug-likeness (QED) is 0.767. The summed E-state index contributed by atoms with van der Waals surface area (Å²) in [4.78, 5) is 0.126. The van der Waals surface area contributed by atoms with Crippen molar-refractivity contribution in [2.75, 3.05) is 13.7 Å². The normalized spacial score (nSPS) is 12.4.